The Morgan fingerprint density at radius 2 is 1.82 bits per heavy atom. The van der Waals surface area contributed by atoms with Crippen LogP contribution in [0.1, 0.15) is 24.2 Å². The first-order chi connectivity index (χ1) is 10.5. The maximum absolute atomic E-state index is 11.6. The number of methoxy groups -OCH3 is 1. The molecule has 7 nitrogen and oxygen atoms in total. The highest BCUT2D eigenvalue weighted by Crippen LogP contribution is 2.28. The maximum Gasteiger partial charge on any atom is 0.258 e. The van der Waals surface area contributed by atoms with Crippen LogP contribution < -0.4 is 20.1 Å². The molecule has 1 aromatic carbocycles. The second kappa shape index (κ2) is 8.66. The molecule has 0 bridgehead atoms. The van der Waals surface area contributed by atoms with Crippen molar-refractivity contribution in [3.8, 4) is 11.5 Å². The summed E-state index contributed by atoms with van der Waals surface area (Å²) >= 11 is 0. The second-order valence-electron chi connectivity index (χ2n) is 4.44. The van der Waals surface area contributed by atoms with Crippen molar-refractivity contribution in [2.75, 3.05) is 26.8 Å². The van der Waals surface area contributed by atoms with Crippen molar-refractivity contribution in [3.63, 3.8) is 0 Å². The SMILES string of the molecule is CCNC(=O)CNC(=O)COc1ccc(C(C)=O)cc1OC. The van der Waals surface area contributed by atoms with Crippen LogP contribution in [0.5, 0.6) is 11.5 Å². The van der Waals surface area contributed by atoms with Gasteiger partial charge in [-0.3, -0.25) is 14.4 Å². The van der Waals surface area contributed by atoms with Gasteiger partial charge in [-0.25, -0.2) is 0 Å². The zero-order valence-corrected chi connectivity index (χ0v) is 12.9. The Bertz CT molecular complexity index is 557. The van der Waals surface area contributed by atoms with E-state index in [-0.39, 0.29) is 24.8 Å². The number of nitrogens with one attached hydrogen (secondary N) is 2. The van der Waals surface area contributed by atoms with Gasteiger partial charge in [0, 0.05) is 12.1 Å². The third-order valence-corrected chi connectivity index (χ3v) is 2.75. The zero-order valence-electron chi connectivity index (χ0n) is 12.9. The van der Waals surface area contributed by atoms with Crippen molar-refractivity contribution in [2.24, 2.45) is 0 Å². The van der Waals surface area contributed by atoms with Gasteiger partial charge >= 0.3 is 0 Å². The lowest BCUT2D eigenvalue weighted by Crippen LogP contribution is -2.38. The Kier molecular flexibility index (Phi) is 6.88. The van der Waals surface area contributed by atoms with Gasteiger partial charge in [0.15, 0.2) is 23.9 Å². The van der Waals surface area contributed by atoms with Gasteiger partial charge in [0.1, 0.15) is 0 Å². The van der Waals surface area contributed by atoms with Gasteiger partial charge in [0.2, 0.25) is 5.91 Å². The van der Waals surface area contributed by atoms with E-state index in [0.717, 1.165) is 0 Å². The molecular weight excluding hydrogens is 288 g/mol. The van der Waals surface area contributed by atoms with Crippen LogP contribution in [-0.2, 0) is 9.59 Å². The minimum Gasteiger partial charge on any atom is -0.493 e. The van der Waals surface area contributed by atoms with Crippen LogP contribution in [-0.4, -0.2) is 44.4 Å². The highest BCUT2D eigenvalue weighted by molar-refractivity contribution is 5.94. The molecule has 120 valence electrons. The fraction of sp³-hybridized carbons (Fsp3) is 0.400. The largest absolute Gasteiger partial charge is 0.493 e. The minimum absolute atomic E-state index is 0.0930. The fourth-order valence-corrected chi connectivity index (χ4v) is 1.64. The van der Waals surface area contributed by atoms with Crippen LogP contribution in [0.15, 0.2) is 18.2 Å². The number of Topliss-reactive ketones (excluding diaryl/α,β-unsaturated/α-hetero) is 1. The number of amides is 2. The molecule has 1 rings (SSSR count). The van der Waals surface area contributed by atoms with E-state index in [9.17, 15) is 14.4 Å². The molecule has 0 saturated heterocycles. The maximum atomic E-state index is 11.6. The number of hydrogen-bond acceptors (Lipinski definition) is 5. The second-order valence-corrected chi connectivity index (χ2v) is 4.44. The molecular formula is C15H20N2O5. The molecule has 0 aliphatic rings. The first-order valence-corrected chi connectivity index (χ1v) is 6.83. The predicted octanol–water partition coefficient (Wildman–Crippen LogP) is 0.529. The van der Waals surface area contributed by atoms with Crippen LogP contribution in [0.4, 0.5) is 0 Å². The number of rotatable bonds is 8. The number of likely N-dealkylation sites (N-methyl/N-ethyl adjacent to an activating group) is 1. The first kappa shape index (κ1) is 17.5. The van der Waals surface area contributed by atoms with Crippen LogP contribution in [0, 0.1) is 0 Å². The van der Waals surface area contributed by atoms with Crippen LogP contribution in [0.3, 0.4) is 0 Å². The molecule has 0 radical (unpaired) electrons. The summed E-state index contributed by atoms with van der Waals surface area (Å²) in [6.07, 6.45) is 0. The van der Waals surface area contributed by atoms with E-state index in [2.05, 4.69) is 10.6 Å². The first-order valence-electron chi connectivity index (χ1n) is 6.83. The van der Waals surface area contributed by atoms with E-state index in [4.69, 9.17) is 9.47 Å². The van der Waals surface area contributed by atoms with Crippen LogP contribution in [0.25, 0.3) is 0 Å². The molecule has 7 heteroatoms. The van der Waals surface area contributed by atoms with E-state index in [0.29, 0.717) is 23.6 Å². The molecule has 0 saturated carbocycles. The normalized spacial score (nSPS) is 9.77. The highest BCUT2D eigenvalue weighted by atomic mass is 16.5. The van der Waals surface area contributed by atoms with Gasteiger partial charge in [-0.2, -0.15) is 0 Å². The average Bonchev–Trinajstić information content (AvgIpc) is 2.50. The number of carbonyl (C=O) groups is 3. The Morgan fingerprint density at radius 3 is 2.41 bits per heavy atom. The summed E-state index contributed by atoms with van der Waals surface area (Å²) in [6, 6.07) is 4.70. The van der Waals surface area contributed by atoms with Gasteiger partial charge in [-0.05, 0) is 32.0 Å². The van der Waals surface area contributed by atoms with Crippen molar-refractivity contribution < 1.29 is 23.9 Å². The molecule has 22 heavy (non-hydrogen) atoms. The third-order valence-electron chi connectivity index (χ3n) is 2.75. The summed E-state index contributed by atoms with van der Waals surface area (Å²) in [5, 5.41) is 5.00. The van der Waals surface area contributed by atoms with Crippen molar-refractivity contribution in [1.29, 1.82) is 0 Å². The lowest BCUT2D eigenvalue weighted by Gasteiger charge is -2.11. The van der Waals surface area contributed by atoms with Crippen molar-refractivity contribution >= 4 is 17.6 Å². The summed E-state index contributed by atoms with van der Waals surface area (Å²) in [7, 11) is 1.45. The van der Waals surface area contributed by atoms with E-state index in [1.807, 2.05) is 0 Å². The smallest absolute Gasteiger partial charge is 0.258 e. The highest BCUT2D eigenvalue weighted by Gasteiger charge is 2.11. The number of ketones is 1. The molecule has 1 aromatic rings. The van der Waals surface area contributed by atoms with Gasteiger partial charge < -0.3 is 20.1 Å². The van der Waals surface area contributed by atoms with Crippen LogP contribution in [0.2, 0.25) is 0 Å². The monoisotopic (exact) mass is 308 g/mol. The summed E-state index contributed by atoms with van der Waals surface area (Å²) < 4.78 is 10.5. The Labute approximate surface area is 129 Å². The number of hydrogen-bond donors (Lipinski definition) is 2. The van der Waals surface area contributed by atoms with Crippen molar-refractivity contribution in [3.05, 3.63) is 23.8 Å². The average molecular weight is 308 g/mol. The minimum atomic E-state index is -0.427. The fourth-order valence-electron chi connectivity index (χ4n) is 1.64. The molecule has 2 amide bonds. The molecule has 0 fully saturated rings. The molecule has 0 aliphatic carbocycles. The van der Waals surface area contributed by atoms with Crippen molar-refractivity contribution in [1.82, 2.24) is 10.6 Å². The van der Waals surface area contributed by atoms with E-state index in [1.165, 1.54) is 14.0 Å². The zero-order chi connectivity index (χ0) is 16.5. The Hall–Kier alpha value is -2.57. The Morgan fingerprint density at radius 1 is 1.09 bits per heavy atom. The summed E-state index contributed by atoms with van der Waals surface area (Å²) in [5.41, 5.74) is 0.491. The van der Waals surface area contributed by atoms with E-state index >= 15 is 0 Å². The molecule has 2 N–H and O–H groups in total. The third kappa shape index (κ3) is 5.43. The molecule has 0 aliphatic heterocycles. The van der Waals surface area contributed by atoms with Gasteiger partial charge in [0.05, 0.1) is 13.7 Å². The van der Waals surface area contributed by atoms with Gasteiger partial charge in [-0.15, -0.1) is 0 Å². The summed E-state index contributed by atoms with van der Waals surface area (Å²) in [4.78, 5) is 34.1. The van der Waals surface area contributed by atoms with E-state index in [1.54, 1.807) is 25.1 Å². The number of benzene rings is 1. The molecule has 0 spiro atoms. The lowest BCUT2D eigenvalue weighted by molar-refractivity contribution is -0.127. The van der Waals surface area contributed by atoms with Crippen molar-refractivity contribution in [2.45, 2.75) is 13.8 Å². The van der Waals surface area contributed by atoms with Gasteiger partial charge in [0.25, 0.3) is 5.91 Å². The predicted molar refractivity (Wildman–Crippen MR) is 80.2 cm³/mol. The van der Waals surface area contributed by atoms with E-state index < -0.39 is 5.91 Å². The quantitative estimate of drug-likeness (QED) is 0.683. The lowest BCUT2D eigenvalue weighted by atomic mass is 10.1. The Balaban J connectivity index is 2.55. The molecule has 0 aromatic heterocycles. The number of carbonyl (C=O) groups excluding carboxylic acids is 3. The van der Waals surface area contributed by atoms with Gasteiger partial charge in [-0.1, -0.05) is 0 Å². The molecule has 0 heterocycles. The topological polar surface area (TPSA) is 93.7 Å². The summed E-state index contributed by atoms with van der Waals surface area (Å²) in [6.45, 7) is 3.39. The molecule has 0 atom stereocenters. The standard InChI is InChI=1S/C15H20N2O5/c1-4-16-14(19)8-17-15(20)9-22-12-6-5-11(10(2)18)7-13(12)21-3/h5-7H,4,8-9H2,1-3H3,(H,16,19)(H,17,20). The van der Waals surface area contributed by atoms with Crippen LogP contribution >= 0.6 is 0 Å². The molecule has 0 unspecified atom stereocenters. The number of ether oxygens (including phenoxy) is 2. The summed E-state index contributed by atoms with van der Waals surface area (Å²) in [5.74, 6) is -0.0717.